The summed E-state index contributed by atoms with van der Waals surface area (Å²) in [7, 11) is 0. The summed E-state index contributed by atoms with van der Waals surface area (Å²) in [6.45, 7) is 17.2. The van der Waals surface area contributed by atoms with Crippen LogP contribution in [0.1, 0.15) is 55.9 Å². The number of hydrogen-bond donors (Lipinski definition) is 1. The van der Waals surface area contributed by atoms with Crippen molar-refractivity contribution in [3.63, 3.8) is 0 Å². The zero-order valence-electron chi connectivity index (χ0n) is 40.9. The number of anilines is 2. The maximum Gasteiger partial charge on any atom is 0.410 e. The minimum absolute atomic E-state index is 0.223. The van der Waals surface area contributed by atoms with Crippen molar-refractivity contribution in [2.45, 2.75) is 66.2 Å². The molecule has 0 aromatic heterocycles. The number of benzene rings is 6. The highest BCUT2D eigenvalue weighted by molar-refractivity contribution is 6.30. The number of carbonyl (C=O) groups excluding carboxylic acids is 5. The SMILES string of the molecule is Cc1ccc(CN(CC2CCN(C(=O)OC(C)(C)C)C2)c2ccc(Oc3ccc(Cl)cc3)cc2)cc1.Cc1ccc(CN(CC2CCNC2)c2ccc(Oc3ccc(Cl)cc3)cc2)cc1.O=C=O.O=C=O. The van der Waals surface area contributed by atoms with Gasteiger partial charge in [-0.25, -0.2) is 4.79 Å². The second kappa shape index (κ2) is 28.1. The molecule has 6 aromatic carbocycles. The van der Waals surface area contributed by atoms with Gasteiger partial charge in [-0.15, -0.1) is 0 Å². The molecule has 1 amide bonds. The first-order chi connectivity index (χ1) is 34.1. The first kappa shape index (κ1) is 55.0. The van der Waals surface area contributed by atoms with Crippen LogP contribution in [-0.4, -0.2) is 68.2 Å². The number of hydrogen-bond acceptors (Lipinski definition) is 11. The molecule has 2 aliphatic rings. The highest BCUT2D eigenvalue weighted by Gasteiger charge is 2.31. The molecule has 8 rings (SSSR count). The van der Waals surface area contributed by atoms with Gasteiger partial charge >= 0.3 is 18.4 Å². The van der Waals surface area contributed by atoms with Gasteiger partial charge in [0.1, 0.15) is 28.6 Å². The van der Waals surface area contributed by atoms with E-state index in [1.54, 1.807) is 0 Å². The number of nitrogens with zero attached hydrogens (tertiary/aromatic N) is 3. The van der Waals surface area contributed by atoms with Crippen molar-refractivity contribution in [1.29, 1.82) is 0 Å². The lowest BCUT2D eigenvalue weighted by atomic mass is 10.1. The van der Waals surface area contributed by atoms with Crippen LogP contribution in [0.3, 0.4) is 0 Å². The maximum atomic E-state index is 12.6. The number of likely N-dealkylation sites (tertiary alicyclic amines) is 1. The van der Waals surface area contributed by atoms with Gasteiger partial charge in [0.25, 0.3) is 0 Å². The third-order valence-electron chi connectivity index (χ3n) is 11.5. The van der Waals surface area contributed by atoms with E-state index in [1.165, 1.54) is 34.4 Å². The Morgan fingerprint density at radius 3 is 1.34 bits per heavy atom. The van der Waals surface area contributed by atoms with Crippen LogP contribution < -0.4 is 24.6 Å². The molecule has 2 unspecified atom stereocenters. The average molecular weight is 1000 g/mol. The average Bonchev–Trinajstić information content (AvgIpc) is 4.05. The first-order valence-corrected chi connectivity index (χ1v) is 24.2. The van der Waals surface area contributed by atoms with Crippen LogP contribution in [0.5, 0.6) is 23.0 Å². The fourth-order valence-electron chi connectivity index (χ4n) is 8.05. The van der Waals surface area contributed by atoms with Crippen molar-refractivity contribution >= 4 is 53.0 Å². The molecular formula is C57H62Cl2N4O8. The third-order valence-corrected chi connectivity index (χ3v) is 12.1. The Morgan fingerprint density at radius 1 is 0.592 bits per heavy atom. The van der Waals surface area contributed by atoms with Gasteiger partial charge in [-0.1, -0.05) is 82.9 Å². The lowest BCUT2D eigenvalue weighted by Gasteiger charge is -2.29. The molecule has 2 heterocycles. The highest BCUT2D eigenvalue weighted by atomic mass is 35.5. The monoisotopic (exact) mass is 1000 g/mol. The molecule has 0 saturated carbocycles. The smallest absolute Gasteiger partial charge is 0.410 e. The number of carbonyl (C=O) groups is 1. The molecule has 0 spiro atoms. The second-order valence-electron chi connectivity index (χ2n) is 18.4. The van der Waals surface area contributed by atoms with Gasteiger partial charge in [-0.05, 0) is 181 Å². The molecule has 2 aliphatic heterocycles. The van der Waals surface area contributed by atoms with Crippen molar-refractivity contribution in [2.24, 2.45) is 11.8 Å². The number of halogens is 2. The van der Waals surface area contributed by atoms with Gasteiger partial charge in [0.2, 0.25) is 0 Å². The summed E-state index contributed by atoms with van der Waals surface area (Å²) in [5, 5.41) is 4.88. The zero-order chi connectivity index (χ0) is 51.2. The molecule has 6 aromatic rings. The second-order valence-corrected chi connectivity index (χ2v) is 19.3. The topological polar surface area (TPSA) is 135 Å². The normalized spacial score (nSPS) is 14.7. The van der Waals surface area contributed by atoms with Crippen molar-refractivity contribution in [3.8, 4) is 23.0 Å². The van der Waals surface area contributed by atoms with Crippen LogP contribution in [0, 0.1) is 25.7 Å². The highest BCUT2D eigenvalue weighted by Crippen LogP contribution is 2.30. The Hall–Kier alpha value is -6.91. The van der Waals surface area contributed by atoms with Crippen molar-refractivity contribution < 1.29 is 38.2 Å². The molecule has 14 heteroatoms. The first-order valence-electron chi connectivity index (χ1n) is 23.5. The van der Waals surface area contributed by atoms with Crippen LogP contribution >= 0.6 is 23.2 Å². The van der Waals surface area contributed by atoms with E-state index in [9.17, 15) is 4.79 Å². The summed E-state index contributed by atoms with van der Waals surface area (Å²) in [6.07, 6.45) is 2.47. The molecule has 372 valence electrons. The zero-order valence-corrected chi connectivity index (χ0v) is 42.5. The van der Waals surface area contributed by atoms with E-state index in [-0.39, 0.29) is 18.4 Å². The van der Waals surface area contributed by atoms with Gasteiger partial charge in [-0.3, -0.25) is 0 Å². The Balaban J connectivity index is 0.000000242. The van der Waals surface area contributed by atoms with Gasteiger partial charge in [0, 0.05) is 60.7 Å². The minimum atomic E-state index is -0.484. The van der Waals surface area contributed by atoms with Gasteiger partial charge < -0.3 is 34.2 Å². The van der Waals surface area contributed by atoms with E-state index >= 15 is 0 Å². The van der Waals surface area contributed by atoms with Gasteiger partial charge in [0.05, 0.1) is 0 Å². The predicted octanol–water partition coefficient (Wildman–Crippen LogP) is 12.6. The van der Waals surface area contributed by atoms with Crippen LogP contribution in [0.25, 0.3) is 0 Å². The number of rotatable bonds is 14. The molecule has 2 atom stereocenters. The summed E-state index contributed by atoms with van der Waals surface area (Å²) in [6, 6.07) is 48.9. The van der Waals surface area contributed by atoms with Crippen molar-refractivity contribution in [2.75, 3.05) is 49.1 Å². The minimum Gasteiger partial charge on any atom is -0.457 e. The van der Waals surface area contributed by atoms with E-state index in [4.69, 9.17) is 56.6 Å². The van der Waals surface area contributed by atoms with Gasteiger partial charge in [0.15, 0.2) is 0 Å². The molecule has 2 fully saturated rings. The third kappa shape index (κ3) is 19.4. The quantitative estimate of drug-likeness (QED) is 0.112. The van der Waals surface area contributed by atoms with Crippen LogP contribution in [0.2, 0.25) is 10.0 Å². The van der Waals surface area contributed by atoms with Crippen molar-refractivity contribution in [1.82, 2.24) is 10.2 Å². The molecule has 0 radical (unpaired) electrons. The molecule has 12 nitrogen and oxygen atoms in total. The number of ether oxygens (including phenoxy) is 3. The lowest BCUT2D eigenvalue weighted by Crippen LogP contribution is -2.36. The van der Waals surface area contributed by atoms with Crippen LogP contribution in [-0.2, 0) is 37.0 Å². The molecule has 71 heavy (non-hydrogen) atoms. The Bertz CT molecular complexity index is 2580. The summed E-state index contributed by atoms with van der Waals surface area (Å²) in [5.74, 6) is 4.19. The molecule has 1 N–H and O–H groups in total. The van der Waals surface area contributed by atoms with Gasteiger partial charge in [-0.2, -0.15) is 19.2 Å². The Kier molecular flexibility index (Phi) is 21.8. The van der Waals surface area contributed by atoms with Crippen molar-refractivity contribution in [3.05, 3.63) is 178 Å². The van der Waals surface area contributed by atoms with E-state index in [0.29, 0.717) is 28.4 Å². The summed E-state index contributed by atoms with van der Waals surface area (Å²) >= 11 is 11.9. The largest absolute Gasteiger partial charge is 0.457 e. The standard InChI is InChI=1S/C30H35ClN2O3.C25H27ClN2O.2CO2/c1-22-5-7-23(8-6-22)19-33(21-24-17-18-32(20-24)29(34)36-30(2,3)4)26-11-15-28(16-12-26)35-27-13-9-25(31)10-14-27;1-19-2-4-20(5-3-19)17-28(18-21-14-15-27-16-21)23-8-12-25(13-9-23)29-24-10-6-22(26)7-11-24;2*2-1-3/h5-16,24H,17-21H2,1-4H3;2-13,21,27H,14-18H2,1H3;;. The predicted molar refractivity (Wildman–Crippen MR) is 277 cm³/mol. The number of amides is 1. The summed E-state index contributed by atoms with van der Waals surface area (Å²) in [4.78, 5) is 51.8. The number of nitrogens with one attached hydrogen (secondary N) is 1. The van der Waals surface area contributed by atoms with E-state index in [1.807, 2.05) is 98.5 Å². The fraction of sp³-hybridized carbons (Fsp3) is 0.316. The molecule has 0 bridgehead atoms. The Labute approximate surface area is 427 Å². The fourth-order valence-corrected chi connectivity index (χ4v) is 8.30. The van der Waals surface area contributed by atoms with Crippen LogP contribution in [0.15, 0.2) is 146 Å². The lowest BCUT2D eigenvalue weighted by molar-refractivity contribution is -0.193. The summed E-state index contributed by atoms with van der Waals surface area (Å²) < 4.78 is 17.5. The molecule has 0 aliphatic carbocycles. The van der Waals surface area contributed by atoms with E-state index in [2.05, 4.69) is 102 Å². The van der Waals surface area contributed by atoms with E-state index in [0.717, 1.165) is 80.9 Å². The molecular weight excluding hydrogens is 940 g/mol. The van der Waals surface area contributed by atoms with Crippen LogP contribution in [0.4, 0.5) is 16.2 Å². The summed E-state index contributed by atoms with van der Waals surface area (Å²) in [5.41, 5.74) is 6.99. The van der Waals surface area contributed by atoms with E-state index < -0.39 is 5.60 Å². The number of aryl methyl sites for hydroxylation is 2. The maximum absolute atomic E-state index is 12.6. The Morgan fingerprint density at radius 2 is 0.972 bits per heavy atom. The molecule has 2 saturated heterocycles.